The summed E-state index contributed by atoms with van der Waals surface area (Å²) in [5, 5.41) is 6.77. The van der Waals surface area contributed by atoms with Crippen molar-refractivity contribution < 1.29 is 0 Å². The monoisotopic (exact) mass is 225 g/mol. The first kappa shape index (κ1) is 10.9. The summed E-state index contributed by atoms with van der Waals surface area (Å²) in [4.78, 5) is 6.60. The van der Waals surface area contributed by atoms with Crippen LogP contribution in [0.5, 0.6) is 0 Å². The third-order valence-electron chi connectivity index (χ3n) is 2.86. The van der Waals surface area contributed by atoms with Gasteiger partial charge in [0.05, 0.1) is 5.69 Å². The van der Waals surface area contributed by atoms with E-state index in [0.29, 0.717) is 6.04 Å². The molecule has 1 saturated carbocycles. The van der Waals surface area contributed by atoms with Crippen molar-refractivity contribution in [1.82, 2.24) is 10.3 Å². The summed E-state index contributed by atoms with van der Waals surface area (Å²) in [5.74, 6) is 0.914. The Morgan fingerprint density at radius 1 is 1.60 bits per heavy atom. The van der Waals surface area contributed by atoms with Crippen LogP contribution in [0.3, 0.4) is 0 Å². The maximum atomic E-state index is 4.54. The number of aromatic nitrogens is 1. The van der Waals surface area contributed by atoms with E-state index in [0.717, 1.165) is 23.3 Å². The number of hydrogen-bond donors (Lipinski definition) is 1. The average Bonchev–Trinajstić information content (AvgIpc) is 2.93. The van der Waals surface area contributed by atoms with Crippen molar-refractivity contribution in [3.8, 4) is 0 Å². The molecule has 1 aliphatic carbocycles. The standard InChI is InChI=1S/C11H19N3S/c1-8(9-4-5-9)12-6-10-7-15-11(13-10)14(2)3/h7-9,12H,4-6H2,1-3H3/t8-/m0/s1. The third-order valence-corrected chi connectivity index (χ3v) is 3.91. The first-order valence-electron chi connectivity index (χ1n) is 5.52. The molecule has 0 saturated heterocycles. The minimum absolute atomic E-state index is 0.648. The van der Waals surface area contributed by atoms with Crippen molar-refractivity contribution in [1.29, 1.82) is 0 Å². The molecule has 0 unspecified atom stereocenters. The molecule has 1 atom stereocenters. The average molecular weight is 225 g/mol. The largest absolute Gasteiger partial charge is 0.354 e. The van der Waals surface area contributed by atoms with E-state index in [1.165, 1.54) is 12.8 Å². The van der Waals surface area contributed by atoms with Crippen LogP contribution in [-0.2, 0) is 6.54 Å². The highest BCUT2D eigenvalue weighted by molar-refractivity contribution is 7.13. The highest BCUT2D eigenvalue weighted by Gasteiger charge is 2.27. The molecule has 2 rings (SSSR count). The highest BCUT2D eigenvalue weighted by atomic mass is 32.1. The Morgan fingerprint density at radius 3 is 2.87 bits per heavy atom. The Balaban J connectivity index is 1.82. The molecule has 1 heterocycles. The summed E-state index contributed by atoms with van der Waals surface area (Å²) in [6.07, 6.45) is 2.79. The van der Waals surface area contributed by atoms with Gasteiger partial charge in [-0.3, -0.25) is 0 Å². The fraction of sp³-hybridized carbons (Fsp3) is 0.727. The van der Waals surface area contributed by atoms with Crippen LogP contribution < -0.4 is 10.2 Å². The van der Waals surface area contributed by atoms with Crippen LogP contribution in [0, 0.1) is 5.92 Å². The number of nitrogens with zero attached hydrogens (tertiary/aromatic N) is 2. The predicted molar refractivity (Wildman–Crippen MR) is 65.5 cm³/mol. The van der Waals surface area contributed by atoms with Gasteiger partial charge in [-0.15, -0.1) is 11.3 Å². The first-order valence-corrected chi connectivity index (χ1v) is 6.40. The lowest BCUT2D eigenvalue weighted by molar-refractivity contribution is 0.493. The van der Waals surface area contributed by atoms with Gasteiger partial charge in [0, 0.05) is 32.1 Å². The molecule has 1 aromatic heterocycles. The van der Waals surface area contributed by atoms with Gasteiger partial charge >= 0.3 is 0 Å². The van der Waals surface area contributed by atoms with Crippen molar-refractivity contribution in [2.45, 2.75) is 32.4 Å². The molecule has 1 fully saturated rings. The lowest BCUT2D eigenvalue weighted by Gasteiger charge is -2.11. The summed E-state index contributed by atoms with van der Waals surface area (Å²) in [6, 6.07) is 0.648. The van der Waals surface area contributed by atoms with Crippen LogP contribution in [0.4, 0.5) is 5.13 Å². The molecule has 0 amide bonds. The van der Waals surface area contributed by atoms with Gasteiger partial charge in [-0.1, -0.05) is 0 Å². The quantitative estimate of drug-likeness (QED) is 0.832. The lowest BCUT2D eigenvalue weighted by atomic mass is 10.2. The van der Waals surface area contributed by atoms with Crippen molar-refractivity contribution in [2.24, 2.45) is 5.92 Å². The zero-order valence-electron chi connectivity index (χ0n) is 9.66. The number of thiazole rings is 1. The van der Waals surface area contributed by atoms with Crippen LogP contribution in [0.1, 0.15) is 25.5 Å². The Hall–Kier alpha value is -0.610. The molecule has 1 N–H and O–H groups in total. The van der Waals surface area contributed by atoms with Gasteiger partial charge in [0.15, 0.2) is 5.13 Å². The van der Waals surface area contributed by atoms with Gasteiger partial charge in [-0.05, 0) is 25.7 Å². The third kappa shape index (κ3) is 2.92. The molecule has 0 bridgehead atoms. The topological polar surface area (TPSA) is 28.2 Å². The molecule has 84 valence electrons. The van der Waals surface area contributed by atoms with Crippen LogP contribution in [0.15, 0.2) is 5.38 Å². The molecule has 3 nitrogen and oxygen atoms in total. The van der Waals surface area contributed by atoms with Crippen LogP contribution in [-0.4, -0.2) is 25.1 Å². The molecule has 4 heteroatoms. The second kappa shape index (κ2) is 4.49. The zero-order chi connectivity index (χ0) is 10.8. The van der Waals surface area contributed by atoms with Gasteiger partial charge in [-0.25, -0.2) is 4.98 Å². The van der Waals surface area contributed by atoms with Crippen molar-refractivity contribution in [3.63, 3.8) is 0 Å². The number of rotatable bonds is 5. The van der Waals surface area contributed by atoms with Crippen molar-refractivity contribution >= 4 is 16.5 Å². The van der Waals surface area contributed by atoms with Gasteiger partial charge in [0.25, 0.3) is 0 Å². The van der Waals surface area contributed by atoms with Gasteiger partial charge in [0.1, 0.15) is 0 Å². The van der Waals surface area contributed by atoms with Crippen LogP contribution >= 0.6 is 11.3 Å². The number of anilines is 1. The summed E-state index contributed by atoms with van der Waals surface area (Å²) in [5.41, 5.74) is 1.16. The summed E-state index contributed by atoms with van der Waals surface area (Å²) >= 11 is 1.71. The van der Waals surface area contributed by atoms with E-state index < -0.39 is 0 Å². The van der Waals surface area contributed by atoms with E-state index in [9.17, 15) is 0 Å². The predicted octanol–water partition coefficient (Wildman–Crippen LogP) is 2.10. The highest BCUT2D eigenvalue weighted by Crippen LogP contribution is 2.32. The number of nitrogens with one attached hydrogen (secondary N) is 1. The van der Waals surface area contributed by atoms with E-state index in [2.05, 4.69) is 27.5 Å². The second-order valence-electron chi connectivity index (χ2n) is 4.52. The zero-order valence-corrected chi connectivity index (χ0v) is 10.5. The fourth-order valence-corrected chi connectivity index (χ4v) is 2.37. The first-order chi connectivity index (χ1) is 7.16. The minimum Gasteiger partial charge on any atom is -0.354 e. The van der Waals surface area contributed by atoms with Crippen molar-refractivity contribution in [3.05, 3.63) is 11.1 Å². The van der Waals surface area contributed by atoms with Gasteiger partial charge < -0.3 is 10.2 Å². The number of hydrogen-bond acceptors (Lipinski definition) is 4. The van der Waals surface area contributed by atoms with Gasteiger partial charge in [-0.2, -0.15) is 0 Å². The van der Waals surface area contributed by atoms with Crippen LogP contribution in [0.25, 0.3) is 0 Å². The molecule has 1 aliphatic rings. The lowest BCUT2D eigenvalue weighted by Crippen LogP contribution is -2.27. The van der Waals surface area contributed by atoms with Crippen molar-refractivity contribution in [2.75, 3.05) is 19.0 Å². The minimum atomic E-state index is 0.648. The molecule has 15 heavy (non-hydrogen) atoms. The molecule has 0 radical (unpaired) electrons. The Bertz CT molecular complexity index is 317. The van der Waals surface area contributed by atoms with E-state index in [1.54, 1.807) is 11.3 Å². The second-order valence-corrected chi connectivity index (χ2v) is 5.36. The van der Waals surface area contributed by atoms with Crippen LogP contribution in [0.2, 0.25) is 0 Å². The van der Waals surface area contributed by atoms with E-state index in [1.807, 2.05) is 14.1 Å². The van der Waals surface area contributed by atoms with E-state index >= 15 is 0 Å². The normalized spacial score (nSPS) is 17.8. The molecule has 1 aromatic rings. The summed E-state index contributed by atoms with van der Waals surface area (Å²) in [7, 11) is 4.06. The Morgan fingerprint density at radius 2 is 2.33 bits per heavy atom. The fourth-order valence-electron chi connectivity index (χ4n) is 1.61. The molecular weight excluding hydrogens is 206 g/mol. The maximum Gasteiger partial charge on any atom is 0.185 e. The Kier molecular flexibility index (Phi) is 3.26. The van der Waals surface area contributed by atoms with E-state index in [-0.39, 0.29) is 0 Å². The maximum absolute atomic E-state index is 4.54. The SMILES string of the molecule is C[C@H](NCc1csc(N(C)C)n1)C1CC1. The molecule has 0 aliphatic heterocycles. The summed E-state index contributed by atoms with van der Waals surface area (Å²) < 4.78 is 0. The van der Waals surface area contributed by atoms with E-state index in [4.69, 9.17) is 0 Å². The molecule has 0 spiro atoms. The summed E-state index contributed by atoms with van der Waals surface area (Å²) in [6.45, 7) is 3.18. The molecule has 0 aromatic carbocycles. The Labute approximate surface area is 95.5 Å². The van der Waals surface area contributed by atoms with Gasteiger partial charge in [0.2, 0.25) is 0 Å². The smallest absolute Gasteiger partial charge is 0.185 e. The molecular formula is C11H19N3S.